The number of carbonyl (C=O) groups excluding carboxylic acids is 1. The summed E-state index contributed by atoms with van der Waals surface area (Å²) in [6.07, 6.45) is -0.758. The van der Waals surface area contributed by atoms with Crippen LogP contribution in [0.25, 0.3) is 0 Å². The zero-order valence-electron chi connectivity index (χ0n) is 15.5. The number of amides is 1. The third kappa shape index (κ3) is 5.47. The van der Waals surface area contributed by atoms with Crippen molar-refractivity contribution in [2.75, 3.05) is 19.0 Å². The Kier molecular flexibility index (Phi) is 6.23. The van der Waals surface area contributed by atoms with Crippen molar-refractivity contribution in [1.29, 1.82) is 0 Å². The number of anilines is 1. The summed E-state index contributed by atoms with van der Waals surface area (Å²) >= 11 is 0. The largest absolute Gasteiger partial charge is 0.506 e. The molecule has 0 spiro atoms. The summed E-state index contributed by atoms with van der Waals surface area (Å²) in [6, 6.07) is 11.3. The second kappa shape index (κ2) is 8.21. The molecule has 1 unspecified atom stereocenters. The number of benzene rings is 2. The zero-order chi connectivity index (χ0) is 19.3. The van der Waals surface area contributed by atoms with Crippen LogP contribution in [0.3, 0.4) is 0 Å². The van der Waals surface area contributed by atoms with Crippen molar-refractivity contribution in [3.05, 3.63) is 53.6 Å². The molecular formula is C20H26N2O4. The van der Waals surface area contributed by atoms with Crippen LogP contribution in [-0.4, -0.2) is 35.3 Å². The lowest BCUT2D eigenvalue weighted by Gasteiger charge is -2.23. The van der Waals surface area contributed by atoms with E-state index in [1.807, 2.05) is 20.8 Å². The van der Waals surface area contributed by atoms with Crippen molar-refractivity contribution in [3.8, 4) is 11.5 Å². The Morgan fingerprint density at radius 2 is 1.81 bits per heavy atom. The summed E-state index contributed by atoms with van der Waals surface area (Å²) in [5.41, 5.74) is 1.16. The summed E-state index contributed by atoms with van der Waals surface area (Å²) in [4.78, 5) is 12.4. The van der Waals surface area contributed by atoms with E-state index in [2.05, 4.69) is 10.6 Å². The summed E-state index contributed by atoms with van der Waals surface area (Å²) in [7, 11) is 1.55. The fraction of sp³-hybridized carbons (Fsp3) is 0.350. The van der Waals surface area contributed by atoms with E-state index in [-0.39, 0.29) is 22.9 Å². The van der Waals surface area contributed by atoms with Gasteiger partial charge in [0.1, 0.15) is 11.5 Å². The highest BCUT2D eigenvalue weighted by Crippen LogP contribution is 2.28. The molecule has 0 saturated heterocycles. The molecule has 140 valence electrons. The molecule has 0 aliphatic carbocycles. The molecular weight excluding hydrogens is 332 g/mol. The zero-order valence-corrected chi connectivity index (χ0v) is 15.5. The first-order valence-corrected chi connectivity index (χ1v) is 8.41. The number of β-amino-alcohol motifs (C(OH)–C–C–N with tert-alkyl or cyclic N) is 1. The molecule has 0 aromatic heterocycles. The van der Waals surface area contributed by atoms with Gasteiger partial charge in [-0.15, -0.1) is 0 Å². The highest BCUT2D eigenvalue weighted by molar-refractivity contribution is 6.05. The number of methoxy groups -OCH3 is 1. The second-order valence-electron chi connectivity index (χ2n) is 7.11. The first-order valence-electron chi connectivity index (χ1n) is 8.41. The predicted octanol–water partition coefficient (Wildman–Crippen LogP) is 3.07. The van der Waals surface area contributed by atoms with E-state index >= 15 is 0 Å². The average Bonchev–Trinajstić information content (AvgIpc) is 2.61. The number of aromatic hydroxyl groups is 1. The molecule has 6 nitrogen and oxygen atoms in total. The van der Waals surface area contributed by atoms with Crippen LogP contribution in [-0.2, 0) is 0 Å². The number of aliphatic hydroxyl groups excluding tert-OH is 1. The molecule has 0 saturated carbocycles. The van der Waals surface area contributed by atoms with Crippen LogP contribution < -0.4 is 15.4 Å². The molecule has 0 radical (unpaired) electrons. The first-order chi connectivity index (χ1) is 12.2. The van der Waals surface area contributed by atoms with Crippen molar-refractivity contribution in [2.45, 2.75) is 32.4 Å². The normalized spacial score (nSPS) is 12.5. The van der Waals surface area contributed by atoms with Gasteiger partial charge in [0.2, 0.25) is 0 Å². The third-order valence-corrected chi connectivity index (χ3v) is 3.83. The molecule has 26 heavy (non-hydrogen) atoms. The fourth-order valence-electron chi connectivity index (χ4n) is 2.32. The number of hydrogen-bond donors (Lipinski definition) is 4. The molecule has 0 aliphatic heterocycles. The standard InChI is InChI=1S/C20H26N2O4/c1-20(2,3)21-12-18(24)14-7-10-17(23)16(11-14)22-19(25)13-5-8-15(26-4)9-6-13/h5-11,18,21,23-24H,12H2,1-4H3,(H,22,25). The minimum atomic E-state index is -0.758. The number of rotatable bonds is 6. The van der Waals surface area contributed by atoms with Gasteiger partial charge in [-0.1, -0.05) is 6.07 Å². The molecule has 6 heteroatoms. The van der Waals surface area contributed by atoms with Gasteiger partial charge in [0.05, 0.1) is 18.9 Å². The van der Waals surface area contributed by atoms with Gasteiger partial charge in [0.15, 0.2) is 0 Å². The van der Waals surface area contributed by atoms with Gasteiger partial charge >= 0.3 is 0 Å². The Hall–Kier alpha value is -2.57. The molecule has 1 amide bonds. The van der Waals surface area contributed by atoms with Crippen LogP contribution in [0.1, 0.15) is 42.8 Å². The van der Waals surface area contributed by atoms with E-state index < -0.39 is 6.10 Å². The van der Waals surface area contributed by atoms with Crippen LogP contribution in [0.15, 0.2) is 42.5 Å². The molecule has 0 heterocycles. The molecule has 0 aliphatic rings. The van der Waals surface area contributed by atoms with Crippen LogP contribution in [0.2, 0.25) is 0 Å². The van der Waals surface area contributed by atoms with E-state index in [1.165, 1.54) is 6.07 Å². The lowest BCUT2D eigenvalue weighted by atomic mass is 10.0. The lowest BCUT2D eigenvalue weighted by Crippen LogP contribution is -2.38. The van der Waals surface area contributed by atoms with Gasteiger partial charge in [0, 0.05) is 17.6 Å². The summed E-state index contributed by atoms with van der Waals surface area (Å²) in [5, 5.41) is 26.2. The summed E-state index contributed by atoms with van der Waals surface area (Å²) < 4.78 is 5.07. The van der Waals surface area contributed by atoms with E-state index in [0.29, 0.717) is 23.4 Å². The van der Waals surface area contributed by atoms with E-state index in [4.69, 9.17) is 4.74 Å². The number of aliphatic hydroxyl groups is 1. The van der Waals surface area contributed by atoms with Crippen molar-refractivity contribution in [1.82, 2.24) is 5.32 Å². The molecule has 2 aromatic carbocycles. The van der Waals surface area contributed by atoms with Crippen molar-refractivity contribution in [3.63, 3.8) is 0 Å². The highest BCUT2D eigenvalue weighted by atomic mass is 16.5. The van der Waals surface area contributed by atoms with Gasteiger partial charge in [-0.2, -0.15) is 0 Å². The van der Waals surface area contributed by atoms with Crippen molar-refractivity contribution >= 4 is 11.6 Å². The molecule has 0 fully saturated rings. The van der Waals surface area contributed by atoms with Gasteiger partial charge in [-0.05, 0) is 62.7 Å². The second-order valence-corrected chi connectivity index (χ2v) is 7.11. The maximum Gasteiger partial charge on any atom is 0.255 e. The lowest BCUT2D eigenvalue weighted by molar-refractivity contribution is 0.102. The smallest absolute Gasteiger partial charge is 0.255 e. The Balaban J connectivity index is 2.12. The first kappa shape index (κ1) is 19.8. The molecule has 0 bridgehead atoms. The van der Waals surface area contributed by atoms with Crippen molar-refractivity contribution < 1.29 is 19.7 Å². The number of nitrogens with one attached hydrogen (secondary N) is 2. The number of phenolic OH excluding ortho intramolecular Hbond substituents is 1. The van der Waals surface area contributed by atoms with Crippen LogP contribution >= 0.6 is 0 Å². The molecule has 2 aromatic rings. The number of ether oxygens (including phenoxy) is 1. The third-order valence-electron chi connectivity index (χ3n) is 3.83. The minimum absolute atomic E-state index is 0.0633. The van der Waals surface area contributed by atoms with Crippen molar-refractivity contribution in [2.24, 2.45) is 0 Å². The van der Waals surface area contributed by atoms with Crippen LogP contribution in [0.5, 0.6) is 11.5 Å². The van der Waals surface area contributed by atoms with Gasteiger partial charge in [-0.3, -0.25) is 4.79 Å². The monoisotopic (exact) mass is 358 g/mol. The number of hydrogen-bond acceptors (Lipinski definition) is 5. The minimum Gasteiger partial charge on any atom is -0.506 e. The summed E-state index contributed by atoms with van der Waals surface area (Å²) in [5.74, 6) is 0.231. The molecule has 1 atom stereocenters. The SMILES string of the molecule is COc1ccc(C(=O)Nc2cc(C(O)CNC(C)(C)C)ccc2O)cc1. The Bertz CT molecular complexity index is 751. The molecule has 4 N–H and O–H groups in total. The fourth-order valence-corrected chi connectivity index (χ4v) is 2.32. The van der Waals surface area contributed by atoms with Crippen LogP contribution in [0.4, 0.5) is 5.69 Å². The number of phenols is 1. The topological polar surface area (TPSA) is 90.8 Å². The van der Waals surface area contributed by atoms with Gasteiger partial charge < -0.3 is 25.6 Å². The Morgan fingerprint density at radius 1 is 1.15 bits per heavy atom. The van der Waals surface area contributed by atoms with Crippen LogP contribution in [0, 0.1) is 0 Å². The predicted molar refractivity (Wildman–Crippen MR) is 102 cm³/mol. The van der Waals surface area contributed by atoms with E-state index in [0.717, 1.165) is 0 Å². The maximum absolute atomic E-state index is 12.4. The van der Waals surface area contributed by atoms with E-state index in [1.54, 1.807) is 43.5 Å². The Morgan fingerprint density at radius 3 is 2.38 bits per heavy atom. The average molecular weight is 358 g/mol. The quantitative estimate of drug-likeness (QED) is 0.596. The summed E-state index contributed by atoms with van der Waals surface area (Å²) in [6.45, 7) is 6.39. The number of carbonyl (C=O) groups is 1. The van der Waals surface area contributed by atoms with E-state index in [9.17, 15) is 15.0 Å². The van der Waals surface area contributed by atoms with Gasteiger partial charge in [-0.25, -0.2) is 0 Å². The Labute approximate surface area is 153 Å². The molecule has 2 rings (SSSR count). The van der Waals surface area contributed by atoms with Gasteiger partial charge in [0.25, 0.3) is 5.91 Å². The highest BCUT2D eigenvalue weighted by Gasteiger charge is 2.16. The maximum atomic E-state index is 12.4.